The third kappa shape index (κ3) is 2.82. The number of aryl methyl sites for hydroxylation is 1. The molecule has 0 atom stereocenters. The standard InChI is InChI=1S/C15H17NO3S/c1-10-11-6-4-5-7-12(11)20-14(10)15(18)16(2)9-8-13(17)19-3/h4-7H,8-9H2,1-3H3. The Bertz CT molecular complexity index is 648. The van der Waals surface area contributed by atoms with E-state index in [1.165, 1.54) is 18.4 Å². The SMILES string of the molecule is COC(=O)CCN(C)C(=O)c1sc2ccccc2c1C. The maximum absolute atomic E-state index is 12.4. The molecule has 1 amide bonds. The van der Waals surface area contributed by atoms with Gasteiger partial charge in [0, 0.05) is 18.3 Å². The number of benzene rings is 1. The lowest BCUT2D eigenvalue weighted by atomic mass is 10.1. The second-order valence-corrected chi connectivity index (χ2v) is 5.66. The molecule has 4 nitrogen and oxygen atoms in total. The fraction of sp³-hybridized carbons (Fsp3) is 0.333. The minimum Gasteiger partial charge on any atom is -0.469 e. The number of thiophene rings is 1. The van der Waals surface area contributed by atoms with Gasteiger partial charge in [0.25, 0.3) is 5.91 Å². The molecule has 1 aromatic carbocycles. The maximum Gasteiger partial charge on any atom is 0.307 e. The molecule has 0 aliphatic rings. The summed E-state index contributed by atoms with van der Waals surface area (Å²) in [6.45, 7) is 2.32. The zero-order valence-electron chi connectivity index (χ0n) is 11.8. The van der Waals surface area contributed by atoms with Crippen molar-refractivity contribution < 1.29 is 14.3 Å². The number of esters is 1. The molecule has 0 N–H and O–H groups in total. The third-order valence-corrected chi connectivity index (χ3v) is 4.52. The lowest BCUT2D eigenvalue weighted by molar-refractivity contribution is -0.140. The minimum absolute atomic E-state index is 0.0485. The average Bonchev–Trinajstić information content (AvgIpc) is 2.81. The molecule has 0 fully saturated rings. The average molecular weight is 291 g/mol. The van der Waals surface area contributed by atoms with E-state index in [2.05, 4.69) is 4.74 Å². The van der Waals surface area contributed by atoms with E-state index in [1.807, 2.05) is 31.2 Å². The molecule has 20 heavy (non-hydrogen) atoms. The van der Waals surface area contributed by atoms with Crippen LogP contribution in [0.3, 0.4) is 0 Å². The first-order valence-electron chi connectivity index (χ1n) is 6.35. The van der Waals surface area contributed by atoms with Gasteiger partial charge in [-0.2, -0.15) is 0 Å². The number of carbonyl (C=O) groups is 2. The summed E-state index contributed by atoms with van der Waals surface area (Å²) in [5.41, 5.74) is 1.00. The first-order valence-corrected chi connectivity index (χ1v) is 7.16. The van der Waals surface area contributed by atoms with Crippen LogP contribution in [0.15, 0.2) is 24.3 Å². The Labute approximate surface area is 122 Å². The van der Waals surface area contributed by atoms with Crippen LogP contribution in [0.4, 0.5) is 0 Å². The van der Waals surface area contributed by atoms with Crippen molar-refractivity contribution in [3.8, 4) is 0 Å². The molecule has 0 bridgehead atoms. The first-order chi connectivity index (χ1) is 9.54. The van der Waals surface area contributed by atoms with Gasteiger partial charge < -0.3 is 9.64 Å². The van der Waals surface area contributed by atoms with Crippen molar-refractivity contribution in [2.45, 2.75) is 13.3 Å². The van der Waals surface area contributed by atoms with Gasteiger partial charge in [0.05, 0.1) is 18.4 Å². The van der Waals surface area contributed by atoms with Crippen LogP contribution < -0.4 is 0 Å². The largest absolute Gasteiger partial charge is 0.469 e. The van der Waals surface area contributed by atoms with E-state index in [-0.39, 0.29) is 18.3 Å². The zero-order valence-corrected chi connectivity index (χ0v) is 12.6. The Morgan fingerprint density at radius 3 is 2.65 bits per heavy atom. The molecule has 2 rings (SSSR count). The zero-order chi connectivity index (χ0) is 14.7. The highest BCUT2D eigenvalue weighted by Gasteiger charge is 2.19. The van der Waals surface area contributed by atoms with E-state index >= 15 is 0 Å². The Hall–Kier alpha value is -1.88. The number of amides is 1. The molecule has 0 aliphatic carbocycles. The number of fused-ring (bicyclic) bond motifs is 1. The molecule has 1 aromatic heterocycles. The van der Waals surface area contributed by atoms with Gasteiger partial charge in [-0.25, -0.2) is 0 Å². The second kappa shape index (κ2) is 6.05. The summed E-state index contributed by atoms with van der Waals surface area (Å²) in [5, 5.41) is 1.11. The smallest absolute Gasteiger partial charge is 0.307 e. The summed E-state index contributed by atoms with van der Waals surface area (Å²) in [7, 11) is 3.05. The van der Waals surface area contributed by atoms with E-state index in [1.54, 1.807) is 11.9 Å². The first kappa shape index (κ1) is 14.5. The summed E-state index contributed by atoms with van der Waals surface area (Å²) in [6, 6.07) is 7.97. The molecule has 0 aliphatic heterocycles. The van der Waals surface area contributed by atoms with Crippen molar-refractivity contribution >= 4 is 33.3 Å². The molecule has 0 saturated carbocycles. The molecule has 0 spiro atoms. The lowest BCUT2D eigenvalue weighted by Gasteiger charge is -2.15. The molecule has 0 radical (unpaired) electrons. The number of carbonyl (C=O) groups excluding carboxylic acids is 2. The molecule has 106 valence electrons. The van der Waals surface area contributed by atoms with Crippen LogP contribution in [0, 0.1) is 6.92 Å². The highest BCUT2D eigenvalue weighted by molar-refractivity contribution is 7.21. The van der Waals surface area contributed by atoms with Gasteiger partial charge in [0.2, 0.25) is 0 Å². The topological polar surface area (TPSA) is 46.6 Å². The van der Waals surface area contributed by atoms with Crippen LogP contribution in [0.1, 0.15) is 21.7 Å². The summed E-state index contributed by atoms with van der Waals surface area (Å²) >= 11 is 1.49. The minimum atomic E-state index is -0.308. The molecule has 0 unspecified atom stereocenters. The van der Waals surface area contributed by atoms with Crippen molar-refractivity contribution in [3.05, 3.63) is 34.7 Å². The van der Waals surface area contributed by atoms with Crippen LogP contribution in [0.25, 0.3) is 10.1 Å². The Morgan fingerprint density at radius 2 is 2.00 bits per heavy atom. The fourth-order valence-electron chi connectivity index (χ4n) is 2.01. The van der Waals surface area contributed by atoms with Crippen molar-refractivity contribution in [2.24, 2.45) is 0 Å². The number of methoxy groups -OCH3 is 1. The van der Waals surface area contributed by atoms with E-state index in [9.17, 15) is 9.59 Å². The molecule has 2 aromatic rings. The number of hydrogen-bond acceptors (Lipinski definition) is 4. The Kier molecular flexibility index (Phi) is 4.39. The van der Waals surface area contributed by atoms with Gasteiger partial charge in [-0.05, 0) is 23.9 Å². The van der Waals surface area contributed by atoms with Crippen LogP contribution in [-0.2, 0) is 9.53 Å². The third-order valence-electron chi connectivity index (χ3n) is 3.26. The summed E-state index contributed by atoms with van der Waals surface area (Å²) < 4.78 is 5.69. The monoisotopic (exact) mass is 291 g/mol. The quantitative estimate of drug-likeness (QED) is 0.814. The van der Waals surface area contributed by atoms with E-state index in [0.29, 0.717) is 6.54 Å². The normalized spacial score (nSPS) is 10.6. The predicted molar refractivity (Wildman–Crippen MR) is 80.2 cm³/mol. The van der Waals surface area contributed by atoms with Gasteiger partial charge in [0.1, 0.15) is 0 Å². The van der Waals surface area contributed by atoms with Gasteiger partial charge in [0.15, 0.2) is 0 Å². The Balaban J connectivity index is 2.18. The van der Waals surface area contributed by atoms with Gasteiger partial charge >= 0.3 is 5.97 Å². The number of hydrogen-bond donors (Lipinski definition) is 0. The predicted octanol–water partition coefficient (Wildman–Crippen LogP) is 2.84. The second-order valence-electron chi connectivity index (χ2n) is 4.61. The van der Waals surface area contributed by atoms with Gasteiger partial charge in [-0.3, -0.25) is 9.59 Å². The summed E-state index contributed by atoms with van der Waals surface area (Å²) in [6.07, 6.45) is 0.211. The van der Waals surface area contributed by atoms with Gasteiger partial charge in [-0.15, -0.1) is 11.3 Å². The van der Waals surface area contributed by atoms with Crippen LogP contribution in [-0.4, -0.2) is 37.5 Å². The van der Waals surface area contributed by atoms with E-state index in [4.69, 9.17) is 0 Å². The lowest BCUT2D eigenvalue weighted by Crippen LogP contribution is -2.29. The molecule has 1 heterocycles. The van der Waals surface area contributed by atoms with Crippen molar-refractivity contribution in [3.63, 3.8) is 0 Å². The van der Waals surface area contributed by atoms with Crippen LogP contribution >= 0.6 is 11.3 Å². The molecule has 0 saturated heterocycles. The number of ether oxygens (including phenoxy) is 1. The summed E-state index contributed by atoms with van der Waals surface area (Å²) in [4.78, 5) is 25.8. The highest BCUT2D eigenvalue weighted by atomic mass is 32.1. The molecular formula is C15H17NO3S. The van der Waals surface area contributed by atoms with Crippen LogP contribution in [0.5, 0.6) is 0 Å². The summed E-state index contributed by atoms with van der Waals surface area (Å²) in [5.74, 6) is -0.356. The fourth-order valence-corrected chi connectivity index (χ4v) is 3.22. The van der Waals surface area contributed by atoms with E-state index in [0.717, 1.165) is 20.5 Å². The van der Waals surface area contributed by atoms with Crippen LogP contribution in [0.2, 0.25) is 0 Å². The van der Waals surface area contributed by atoms with Crippen molar-refractivity contribution in [1.82, 2.24) is 4.90 Å². The molecular weight excluding hydrogens is 274 g/mol. The Morgan fingerprint density at radius 1 is 1.30 bits per heavy atom. The van der Waals surface area contributed by atoms with Crippen molar-refractivity contribution in [1.29, 1.82) is 0 Å². The maximum atomic E-state index is 12.4. The number of nitrogens with zero attached hydrogens (tertiary/aromatic N) is 1. The highest BCUT2D eigenvalue weighted by Crippen LogP contribution is 2.31. The molecule has 5 heteroatoms. The van der Waals surface area contributed by atoms with Gasteiger partial charge in [-0.1, -0.05) is 18.2 Å². The van der Waals surface area contributed by atoms with Crippen molar-refractivity contribution in [2.75, 3.05) is 20.7 Å². The van der Waals surface area contributed by atoms with E-state index < -0.39 is 0 Å². The number of rotatable bonds is 4.